The van der Waals surface area contributed by atoms with E-state index in [1.165, 1.54) is 12.1 Å². The number of alkyl halides is 4. The van der Waals surface area contributed by atoms with Crippen LogP contribution in [0.5, 0.6) is 5.75 Å². The van der Waals surface area contributed by atoms with Crippen LogP contribution >= 0.6 is 11.6 Å². The summed E-state index contributed by atoms with van der Waals surface area (Å²) in [7, 11) is 0. The Labute approximate surface area is 119 Å². The molecule has 0 heterocycles. The first-order valence-corrected chi connectivity index (χ1v) is 6.49. The standard InChI is InChI=1S/C14H13ClF4O/c15-6-2-1-4-11-8-12(16)10-13(9-11)20-7-3-5-14(17,18)19/h8-10H,2-3,5-7H2. The monoisotopic (exact) mass is 308 g/mol. The molecule has 1 aromatic rings. The molecule has 0 aromatic heterocycles. The van der Waals surface area contributed by atoms with Gasteiger partial charge in [0.15, 0.2) is 0 Å². The zero-order chi connectivity index (χ0) is 15.0. The third-order valence-corrected chi connectivity index (χ3v) is 2.39. The summed E-state index contributed by atoms with van der Waals surface area (Å²) >= 11 is 5.46. The predicted octanol–water partition coefficient (Wildman–Crippen LogP) is 4.53. The van der Waals surface area contributed by atoms with Gasteiger partial charge < -0.3 is 4.74 Å². The molecule has 0 spiro atoms. The van der Waals surface area contributed by atoms with Gasteiger partial charge in [-0.3, -0.25) is 0 Å². The van der Waals surface area contributed by atoms with Crippen LogP contribution in [0.2, 0.25) is 0 Å². The molecular weight excluding hydrogens is 296 g/mol. The molecule has 0 radical (unpaired) electrons. The topological polar surface area (TPSA) is 9.23 Å². The molecule has 0 unspecified atom stereocenters. The molecule has 0 atom stereocenters. The second-order valence-corrected chi connectivity index (χ2v) is 4.36. The van der Waals surface area contributed by atoms with Crippen molar-refractivity contribution in [1.82, 2.24) is 0 Å². The first-order chi connectivity index (χ1) is 9.40. The van der Waals surface area contributed by atoms with Crippen molar-refractivity contribution >= 4 is 11.6 Å². The molecule has 0 aliphatic carbocycles. The van der Waals surface area contributed by atoms with Gasteiger partial charge in [0.05, 0.1) is 6.61 Å². The summed E-state index contributed by atoms with van der Waals surface area (Å²) in [6.45, 7) is -0.127. The molecular formula is C14H13ClF4O. The maximum Gasteiger partial charge on any atom is 0.389 e. The average molecular weight is 309 g/mol. The van der Waals surface area contributed by atoms with Crippen molar-refractivity contribution in [2.45, 2.75) is 25.4 Å². The van der Waals surface area contributed by atoms with Gasteiger partial charge in [-0.25, -0.2) is 4.39 Å². The zero-order valence-electron chi connectivity index (χ0n) is 10.6. The van der Waals surface area contributed by atoms with Crippen LogP contribution in [0.1, 0.15) is 24.8 Å². The fraction of sp³-hybridized carbons (Fsp3) is 0.429. The van der Waals surface area contributed by atoms with Gasteiger partial charge in [0, 0.05) is 30.4 Å². The molecule has 0 saturated heterocycles. The third kappa shape index (κ3) is 7.25. The predicted molar refractivity (Wildman–Crippen MR) is 69.4 cm³/mol. The van der Waals surface area contributed by atoms with E-state index in [0.29, 0.717) is 17.9 Å². The Kier molecular flexibility index (Phi) is 6.66. The van der Waals surface area contributed by atoms with Crippen molar-refractivity contribution in [3.8, 4) is 17.6 Å². The molecule has 0 N–H and O–H groups in total. The summed E-state index contributed by atoms with van der Waals surface area (Å²) in [5.41, 5.74) is 0.404. The lowest BCUT2D eigenvalue weighted by molar-refractivity contribution is -0.136. The molecule has 0 bridgehead atoms. The quantitative estimate of drug-likeness (QED) is 0.336. The minimum atomic E-state index is -4.20. The Morgan fingerprint density at radius 3 is 2.60 bits per heavy atom. The summed E-state index contributed by atoms with van der Waals surface area (Å²) in [4.78, 5) is 0. The van der Waals surface area contributed by atoms with E-state index >= 15 is 0 Å². The Bertz CT molecular complexity index is 488. The number of hydrogen-bond donors (Lipinski definition) is 0. The van der Waals surface area contributed by atoms with Crippen molar-refractivity contribution in [3.05, 3.63) is 29.6 Å². The van der Waals surface area contributed by atoms with Gasteiger partial charge in [-0.15, -0.1) is 11.6 Å². The summed E-state index contributed by atoms with van der Waals surface area (Å²) in [6, 6.07) is 3.82. The molecule has 0 saturated carbocycles. The normalized spacial score (nSPS) is 10.8. The summed E-state index contributed by atoms with van der Waals surface area (Å²) in [5, 5.41) is 0. The van der Waals surface area contributed by atoms with Crippen molar-refractivity contribution < 1.29 is 22.3 Å². The van der Waals surface area contributed by atoms with Crippen LogP contribution in [-0.2, 0) is 0 Å². The molecule has 20 heavy (non-hydrogen) atoms. The van der Waals surface area contributed by atoms with Crippen LogP contribution in [0.15, 0.2) is 18.2 Å². The number of ether oxygens (including phenoxy) is 1. The van der Waals surface area contributed by atoms with Crippen molar-refractivity contribution in [2.75, 3.05) is 12.5 Å². The van der Waals surface area contributed by atoms with Gasteiger partial charge in [-0.2, -0.15) is 13.2 Å². The minimum absolute atomic E-state index is 0.127. The molecule has 6 heteroatoms. The lowest BCUT2D eigenvalue weighted by Gasteiger charge is -2.08. The fourth-order valence-corrected chi connectivity index (χ4v) is 1.49. The summed E-state index contributed by atoms with van der Waals surface area (Å²) in [6.07, 6.45) is -4.83. The summed E-state index contributed by atoms with van der Waals surface area (Å²) < 4.78 is 54.2. The van der Waals surface area contributed by atoms with E-state index in [0.717, 1.165) is 6.07 Å². The largest absolute Gasteiger partial charge is 0.493 e. The Morgan fingerprint density at radius 2 is 1.95 bits per heavy atom. The highest BCUT2D eigenvalue weighted by atomic mass is 35.5. The smallest absolute Gasteiger partial charge is 0.389 e. The highest BCUT2D eigenvalue weighted by Gasteiger charge is 2.26. The molecule has 0 aliphatic rings. The lowest BCUT2D eigenvalue weighted by Crippen LogP contribution is -2.09. The van der Waals surface area contributed by atoms with Gasteiger partial charge >= 0.3 is 6.18 Å². The van der Waals surface area contributed by atoms with Gasteiger partial charge in [-0.05, 0) is 18.6 Å². The number of rotatable bonds is 5. The lowest BCUT2D eigenvalue weighted by atomic mass is 10.2. The Morgan fingerprint density at radius 1 is 1.20 bits per heavy atom. The highest BCUT2D eigenvalue weighted by molar-refractivity contribution is 6.18. The molecule has 1 nitrogen and oxygen atoms in total. The molecule has 110 valence electrons. The molecule has 1 rings (SSSR count). The number of benzene rings is 1. The number of hydrogen-bond acceptors (Lipinski definition) is 1. The van der Waals surface area contributed by atoms with Crippen molar-refractivity contribution in [2.24, 2.45) is 0 Å². The van der Waals surface area contributed by atoms with Crippen LogP contribution < -0.4 is 4.74 Å². The average Bonchev–Trinajstić information content (AvgIpc) is 2.33. The molecule has 1 aromatic carbocycles. The maximum absolute atomic E-state index is 13.3. The third-order valence-electron chi connectivity index (χ3n) is 2.20. The van der Waals surface area contributed by atoms with Gasteiger partial charge in [0.2, 0.25) is 0 Å². The van der Waals surface area contributed by atoms with E-state index in [9.17, 15) is 17.6 Å². The van der Waals surface area contributed by atoms with E-state index in [-0.39, 0.29) is 18.8 Å². The first kappa shape index (κ1) is 16.6. The summed E-state index contributed by atoms with van der Waals surface area (Å²) in [5.74, 6) is 5.45. The second kappa shape index (κ2) is 8.01. The molecule has 0 fully saturated rings. The fourth-order valence-electron chi connectivity index (χ4n) is 1.39. The van der Waals surface area contributed by atoms with Crippen LogP contribution in [-0.4, -0.2) is 18.7 Å². The minimum Gasteiger partial charge on any atom is -0.493 e. The number of halogens is 5. The first-order valence-electron chi connectivity index (χ1n) is 5.96. The van der Waals surface area contributed by atoms with Crippen LogP contribution in [0.4, 0.5) is 17.6 Å². The van der Waals surface area contributed by atoms with Gasteiger partial charge in [-0.1, -0.05) is 11.8 Å². The van der Waals surface area contributed by atoms with Crippen LogP contribution in [0.3, 0.4) is 0 Å². The van der Waals surface area contributed by atoms with Crippen molar-refractivity contribution in [1.29, 1.82) is 0 Å². The second-order valence-electron chi connectivity index (χ2n) is 3.98. The SMILES string of the molecule is Fc1cc(C#CCCCl)cc(OCCCC(F)(F)F)c1. The highest BCUT2D eigenvalue weighted by Crippen LogP contribution is 2.22. The van der Waals surface area contributed by atoms with E-state index in [4.69, 9.17) is 16.3 Å². The van der Waals surface area contributed by atoms with Crippen LogP contribution in [0.25, 0.3) is 0 Å². The molecule has 0 aliphatic heterocycles. The van der Waals surface area contributed by atoms with Crippen molar-refractivity contribution in [3.63, 3.8) is 0 Å². The maximum atomic E-state index is 13.3. The van der Waals surface area contributed by atoms with E-state index in [1.54, 1.807) is 0 Å². The molecule has 0 amide bonds. The van der Waals surface area contributed by atoms with Crippen LogP contribution in [0, 0.1) is 17.7 Å². The van der Waals surface area contributed by atoms with E-state index in [1.807, 2.05) is 0 Å². The zero-order valence-corrected chi connectivity index (χ0v) is 11.3. The Hall–Kier alpha value is -1.41. The Balaban J connectivity index is 2.56. The van der Waals surface area contributed by atoms with E-state index in [2.05, 4.69) is 11.8 Å². The van der Waals surface area contributed by atoms with Gasteiger partial charge in [0.25, 0.3) is 0 Å². The van der Waals surface area contributed by atoms with Gasteiger partial charge in [0.1, 0.15) is 11.6 Å². The van der Waals surface area contributed by atoms with E-state index < -0.39 is 18.4 Å².